The summed E-state index contributed by atoms with van der Waals surface area (Å²) in [7, 11) is 2.26. The van der Waals surface area contributed by atoms with Gasteiger partial charge in [0.1, 0.15) is 22.6 Å². The molecule has 11 nitrogen and oxygen atoms in total. The SMILES string of the molecule is C=C(/C=C/N(C)C)O[Si](C)(C)C(C)(C)C.CC(C)(C)OC(=O)N1CCC(=O)CC1.CC(C)(C)OC(=O)N1CCC2(CC1)CC(=O)C=CO2. The Morgan fingerprint density at radius 1 is 0.875 bits per heavy atom. The van der Waals surface area contributed by atoms with E-state index in [0.717, 1.165) is 5.76 Å². The van der Waals surface area contributed by atoms with Gasteiger partial charge in [0, 0.05) is 78.2 Å². The van der Waals surface area contributed by atoms with Crippen molar-refractivity contribution in [2.45, 2.75) is 129 Å². The number of carbonyl (C=O) groups excluding carboxylic acids is 4. The number of hydrogen-bond donors (Lipinski definition) is 0. The van der Waals surface area contributed by atoms with Crippen LogP contribution in [0.5, 0.6) is 0 Å². The van der Waals surface area contributed by atoms with Crippen LogP contribution in [0.25, 0.3) is 0 Å². The van der Waals surface area contributed by atoms with Crippen molar-refractivity contribution in [3.05, 3.63) is 37.0 Å². The molecule has 0 unspecified atom stereocenters. The van der Waals surface area contributed by atoms with E-state index in [2.05, 4.69) is 40.4 Å². The molecule has 0 aromatic heterocycles. The van der Waals surface area contributed by atoms with E-state index in [9.17, 15) is 19.2 Å². The summed E-state index contributed by atoms with van der Waals surface area (Å²) in [5.41, 5.74) is -1.35. The summed E-state index contributed by atoms with van der Waals surface area (Å²) in [6, 6.07) is 0. The summed E-state index contributed by atoms with van der Waals surface area (Å²) in [5, 5.41) is 0.224. The lowest BCUT2D eigenvalue weighted by molar-refractivity contribution is -0.125. The van der Waals surface area contributed by atoms with Crippen molar-refractivity contribution >= 4 is 32.1 Å². The summed E-state index contributed by atoms with van der Waals surface area (Å²) in [6.45, 7) is 28.2. The Hall–Kier alpha value is -3.28. The average molecular weight is 694 g/mol. The second-order valence-electron chi connectivity index (χ2n) is 16.3. The maximum Gasteiger partial charge on any atom is 0.410 e. The molecule has 2 fully saturated rings. The van der Waals surface area contributed by atoms with Gasteiger partial charge in [0.25, 0.3) is 0 Å². The molecule has 3 aliphatic heterocycles. The number of ketones is 2. The fourth-order valence-corrected chi connectivity index (χ4v) is 5.43. The highest BCUT2D eigenvalue weighted by atomic mass is 28.4. The first-order valence-electron chi connectivity index (χ1n) is 16.8. The number of carbonyl (C=O) groups is 4. The number of Topliss-reactive ketones (excluding diaryl/α,β-unsaturated/α-hetero) is 1. The van der Waals surface area contributed by atoms with Crippen LogP contribution in [-0.2, 0) is 28.2 Å². The zero-order valence-electron chi connectivity index (χ0n) is 32.0. The van der Waals surface area contributed by atoms with Gasteiger partial charge in [-0.1, -0.05) is 27.4 Å². The van der Waals surface area contributed by atoms with Gasteiger partial charge in [0.2, 0.25) is 8.32 Å². The number of rotatable bonds is 4. The van der Waals surface area contributed by atoms with Gasteiger partial charge >= 0.3 is 12.2 Å². The number of allylic oxidation sites excluding steroid dienone is 2. The monoisotopic (exact) mass is 693 g/mol. The van der Waals surface area contributed by atoms with Gasteiger partial charge in [-0.15, -0.1) is 0 Å². The first kappa shape index (κ1) is 42.7. The smallest absolute Gasteiger partial charge is 0.410 e. The molecule has 2 saturated heterocycles. The van der Waals surface area contributed by atoms with Crippen LogP contribution in [-0.4, -0.2) is 104 Å². The molecule has 2 amide bonds. The minimum absolute atomic E-state index is 0.0944. The van der Waals surface area contributed by atoms with Gasteiger partial charge < -0.3 is 33.3 Å². The van der Waals surface area contributed by atoms with Gasteiger partial charge in [-0.3, -0.25) is 9.59 Å². The van der Waals surface area contributed by atoms with E-state index < -0.39 is 25.1 Å². The van der Waals surface area contributed by atoms with E-state index in [0.29, 0.717) is 58.3 Å². The zero-order chi connectivity index (χ0) is 37.1. The van der Waals surface area contributed by atoms with Crippen LogP contribution in [0.2, 0.25) is 18.1 Å². The van der Waals surface area contributed by atoms with Crippen LogP contribution in [0.3, 0.4) is 0 Å². The predicted octanol–water partition coefficient (Wildman–Crippen LogP) is 7.44. The fourth-order valence-electron chi connectivity index (χ4n) is 4.40. The molecule has 0 N–H and O–H groups in total. The highest BCUT2D eigenvalue weighted by Gasteiger charge is 2.41. The highest BCUT2D eigenvalue weighted by Crippen LogP contribution is 2.38. The third kappa shape index (κ3) is 16.2. The molecule has 0 saturated carbocycles. The first-order chi connectivity index (χ1) is 21.7. The Balaban J connectivity index is 0.000000366. The number of hydrogen-bond acceptors (Lipinski definition) is 9. The summed E-state index contributed by atoms with van der Waals surface area (Å²) >= 11 is 0. The third-order valence-corrected chi connectivity index (χ3v) is 12.5. The molecule has 0 atom stereocenters. The molecule has 3 aliphatic rings. The van der Waals surface area contributed by atoms with Crippen LogP contribution >= 0.6 is 0 Å². The topological polar surface area (TPSA) is 115 Å². The minimum Gasteiger partial charge on any atom is -0.544 e. The second kappa shape index (κ2) is 17.4. The molecule has 0 bridgehead atoms. The third-order valence-electron chi connectivity index (χ3n) is 8.12. The second-order valence-corrected chi connectivity index (χ2v) is 21.1. The number of ether oxygens (including phenoxy) is 3. The van der Waals surface area contributed by atoms with Gasteiger partial charge in [-0.2, -0.15) is 0 Å². The largest absolute Gasteiger partial charge is 0.544 e. The molecule has 12 heteroatoms. The van der Waals surface area contributed by atoms with E-state index in [-0.39, 0.29) is 28.8 Å². The lowest BCUT2D eigenvalue weighted by Crippen LogP contribution is -2.50. The average Bonchev–Trinajstić information content (AvgIpc) is 2.90. The van der Waals surface area contributed by atoms with E-state index in [1.54, 1.807) is 9.80 Å². The Bertz CT molecular complexity index is 1170. The summed E-state index contributed by atoms with van der Waals surface area (Å²) in [4.78, 5) is 51.1. The maximum absolute atomic E-state index is 11.9. The maximum atomic E-state index is 11.9. The van der Waals surface area contributed by atoms with Gasteiger partial charge in [-0.25, -0.2) is 9.59 Å². The van der Waals surface area contributed by atoms with Crippen molar-refractivity contribution in [3.8, 4) is 0 Å². The van der Waals surface area contributed by atoms with Crippen molar-refractivity contribution in [2.24, 2.45) is 0 Å². The molecule has 0 radical (unpaired) electrons. The fraction of sp³-hybridized carbons (Fsp3) is 0.722. The zero-order valence-corrected chi connectivity index (χ0v) is 33.0. The standard InChI is InChI=1S/C14H21NO4.C12H25NOSi.C10H17NO3/c1-13(2,3)19-12(17)15-7-5-14(6-8-15)10-11(16)4-9-18-14;1-11(9-10-13(5)6)14-15(7,8)12(2,3)4;1-10(2,3)14-9(13)11-6-4-8(12)5-7-11/h4,9H,5-8,10H2,1-3H3;9-10H,1H2,2-8H3;4-7H2,1-3H3/b;10-9+;. The number of nitrogens with zero attached hydrogens (tertiary/aromatic N) is 3. The van der Waals surface area contributed by atoms with Crippen LogP contribution in [0.1, 0.15) is 94.4 Å². The summed E-state index contributed by atoms with van der Waals surface area (Å²) < 4.78 is 22.1. The molecular formula is C36H63N3O8Si. The van der Waals surface area contributed by atoms with Crippen molar-refractivity contribution in [1.82, 2.24) is 14.7 Å². The van der Waals surface area contributed by atoms with Gasteiger partial charge in [-0.05, 0) is 65.8 Å². The first-order valence-corrected chi connectivity index (χ1v) is 19.7. The lowest BCUT2D eigenvalue weighted by atomic mass is 9.85. The molecule has 1 spiro atoms. The van der Waals surface area contributed by atoms with E-state index in [1.807, 2.05) is 72.8 Å². The van der Waals surface area contributed by atoms with Crippen LogP contribution in [0.4, 0.5) is 9.59 Å². The van der Waals surface area contributed by atoms with E-state index in [4.69, 9.17) is 18.6 Å². The molecule has 3 rings (SSSR count). The number of piperidine rings is 2. The molecule has 0 aliphatic carbocycles. The molecule has 3 heterocycles. The van der Waals surface area contributed by atoms with Gasteiger partial charge in [0.15, 0.2) is 5.78 Å². The molecule has 0 aromatic carbocycles. The number of amides is 2. The van der Waals surface area contributed by atoms with Gasteiger partial charge in [0.05, 0.1) is 18.4 Å². The van der Waals surface area contributed by atoms with Crippen molar-refractivity contribution in [2.75, 3.05) is 40.3 Å². The predicted molar refractivity (Wildman–Crippen MR) is 192 cm³/mol. The van der Waals surface area contributed by atoms with Crippen molar-refractivity contribution < 1.29 is 37.8 Å². The van der Waals surface area contributed by atoms with Crippen molar-refractivity contribution in [1.29, 1.82) is 0 Å². The Morgan fingerprint density at radius 3 is 1.73 bits per heavy atom. The van der Waals surface area contributed by atoms with E-state index in [1.165, 1.54) is 12.3 Å². The Labute approximate surface area is 290 Å². The quantitative estimate of drug-likeness (QED) is 0.168. The molecule has 48 heavy (non-hydrogen) atoms. The Morgan fingerprint density at radius 2 is 1.33 bits per heavy atom. The molecule has 274 valence electrons. The van der Waals surface area contributed by atoms with Crippen molar-refractivity contribution in [3.63, 3.8) is 0 Å². The molecule has 0 aromatic rings. The molecular weight excluding hydrogens is 630 g/mol. The Kier molecular flexibility index (Phi) is 15.5. The summed E-state index contributed by atoms with van der Waals surface area (Å²) in [5.74, 6) is 1.08. The minimum atomic E-state index is -1.71. The van der Waals surface area contributed by atoms with Crippen LogP contribution in [0, 0.1) is 0 Å². The van der Waals surface area contributed by atoms with Crippen LogP contribution < -0.4 is 0 Å². The normalized spacial score (nSPS) is 18.2. The lowest BCUT2D eigenvalue weighted by Gasteiger charge is -2.41. The van der Waals surface area contributed by atoms with Crippen LogP contribution in [0.15, 0.2) is 37.0 Å². The highest BCUT2D eigenvalue weighted by molar-refractivity contribution is 6.74. The van der Waals surface area contributed by atoms with E-state index >= 15 is 0 Å². The summed E-state index contributed by atoms with van der Waals surface area (Å²) in [6.07, 6.45) is 8.87. The number of likely N-dealkylation sites (tertiary alicyclic amines) is 2.